The molecule has 0 fully saturated rings. The van der Waals surface area contributed by atoms with Crippen LogP contribution in [0.15, 0.2) is 23.6 Å². The van der Waals surface area contributed by atoms with Crippen LogP contribution in [0.1, 0.15) is 15.9 Å². The number of carbonyl (C=O) groups is 1. The minimum absolute atomic E-state index is 0.253. The van der Waals surface area contributed by atoms with E-state index in [2.05, 4.69) is 5.32 Å². The van der Waals surface area contributed by atoms with Crippen LogP contribution in [0.2, 0.25) is 0 Å². The topological polar surface area (TPSA) is 78.9 Å². The molecule has 1 heterocycles. The second-order valence-electron chi connectivity index (χ2n) is 3.59. The number of amides is 1. The van der Waals surface area contributed by atoms with Gasteiger partial charge in [-0.1, -0.05) is 0 Å². The van der Waals surface area contributed by atoms with Gasteiger partial charge in [-0.15, -0.1) is 11.3 Å². The number of hydrogen-bond donors (Lipinski definition) is 2. The van der Waals surface area contributed by atoms with Gasteiger partial charge in [0.1, 0.15) is 16.9 Å². The van der Waals surface area contributed by atoms with E-state index in [1.807, 2.05) is 6.07 Å². The van der Waals surface area contributed by atoms with Gasteiger partial charge in [-0.2, -0.15) is 5.26 Å². The first-order valence-electron chi connectivity index (χ1n) is 5.06. The number of nitrogen functional groups attached to an aromatic ring is 1. The Morgan fingerprint density at radius 1 is 1.42 bits per heavy atom. The molecule has 3 N–H and O–H groups in total. The van der Waals surface area contributed by atoms with Gasteiger partial charge in [0.05, 0.1) is 16.8 Å². The largest absolute Gasteiger partial charge is 0.396 e. The van der Waals surface area contributed by atoms with Gasteiger partial charge < -0.3 is 11.1 Å². The van der Waals surface area contributed by atoms with Gasteiger partial charge in [-0.05, 0) is 23.6 Å². The molecule has 0 bridgehead atoms. The average molecular weight is 279 g/mol. The van der Waals surface area contributed by atoms with E-state index >= 15 is 0 Å². The van der Waals surface area contributed by atoms with Crippen LogP contribution in [0, 0.1) is 23.0 Å². The number of nitrogens with two attached hydrogens (primary N) is 1. The van der Waals surface area contributed by atoms with Gasteiger partial charge in [-0.25, -0.2) is 8.78 Å². The van der Waals surface area contributed by atoms with E-state index in [-0.39, 0.29) is 10.6 Å². The van der Waals surface area contributed by atoms with Crippen LogP contribution in [0.4, 0.5) is 19.5 Å². The monoisotopic (exact) mass is 279 g/mol. The first-order valence-corrected chi connectivity index (χ1v) is 5.94. The maximum absolute atomic E-state index is 13.6. The van der Waals surface area contributed by atoms with Crippen LogP contribution < -0.4 is 11.1 Å². The molecule has 1 aromatic carbocycles. The van der Waals surface area contributed by atoms with Crippen molar-refractivity contribution in [2.24, 2.45) is 0 Å². The molecule has 0 radical (unpaired) electrons. The summed E-state index contributed by atoms with van der Waals surface area (Å²) in [6, 6.07) is 4.92. The van der Waals surface area contributed by atoms with Crippen molar-refractivity contribution >= 4 is 27.9 Å². The Balaban J connectivity index is 2.34. The highest BCUT2D eigenvalue weighted by Gasteiger charge is 2.17. The molecule has 0 spiro atoms. The minimum atomic E-state index is -0.992. The summed E-state index contributed by atoms with van der Waals surface area (Å²) in [4.78, 5) is 11.8. The van der Waals surface area contributed by atoms with Crippen LogP contribution in [-0.4, -0.2) is 5.91 Å². The SMILES string of the molecule is N#Cc1ccsc1NC(=O)c1cc(F)cc(N)c1F. The van der Waals surface area contributed by atoms with Crippen LogP contribution in [0.3, 0.4) is 0 Å². The number of hydrogen-bond acceptors (Lipinski definition) is 4. The second kappa shape index (κ2) is 5.04. The summed E-state index contributed by atoms with van der Waals surface area (Å²) < 4.78 is 26.7. The van der Waals surface area contributed by atoms with Crippen LogP contribution in [-0.2, 0) is 0 Å². The maximum atomic E-state index is 13.6. The first kappa shape index (κ1) is 13.0. The number of carbonyl (C=O) groups excluding carboxylic acids is 1. The highest BCUT2D eigenvalue weighted by molar-refractivity contribution is 7.14. The highest BCUT2D eigenvalue weighted by atomic mass is 32.1. The lowest BCUT2D eigenvalue weighted by Crippen LogP contribution is -2.15. The van der Waals surface area contributed by atoms with E-state index in [1.54, 1.807) is 5.38 Å². The summed E-state index contributed by atoms with van der Waals surface area (Å²) in [5.41, 5.74) is 4.54. The normalized spacial score (nSPS) is 9.95. The van der Waals surface area contributed by atoms with Crippen molar-refractivity contribution in [1.29, 1.82) is 5.26 Å². The summed E-state index contributed by atoms with van der Waals surface area (Å²) in [7, 11) is 0. The summed E-state index contributed by atoms with van der Waals surface area (Å²) in [6.45, 7) is 0. The molecule has 1 aromatic heterocycles. The average Bonchev–Trinajstić information content (AvgIpc) is 2.80. The Hall–Kier alpha value is -2.46. The Kier molecular flexibility index (Phi) is 3.44. The number of benzene rings is 1. The summed E-state index contributed by atoms with van der Waals surface area (Å²) in [6.07, 6.45) is 0. The van der Waals surface area contributed by atoms with E-state index < -0.39 is 28.8 Å². The summed E-state index contributed by atoms with van der Waals surface area (Å²) in [5, 5.41) is 13.0. The van der Waals surface area contributed by atoms with Crippen LogP contribution >= 0.6 is 11.3 Å². The predicted molar refractivity (Wildman–Crippen MR) is 67.8 cm³/mol. The van der Waals surface area contributed by atoms with Gasteiger partial charge in [0, 0.05) is 0 Å². The third-order valence-corrected chi connectivity index (χ3v) is 3.15. The smallest absolute Gasteiger partial charge is 0.259 e. The van der Waals surface area contributed by atoms with Gasteiger partial charge in [0.2, 0.25) is 0 Å². The molecule has 0 aliphatic carbocycles. The van der Waals surface area contributed by atoms with Gasteiger partial charge in [-0.3, -0.25) is 4.79 Å². The molecule has 7 heteroatoms. The molecule has 19 heavy (non-hydrogen) atoms. The zero-order valence-corrected chi connectivity index (χ0v) is 10.2. The van der Waals surface area contributed by atoms with Crippen molar-refractivity contribution in [3.8, 4) is 6.07 Å². The molecule has 0 saturated carbocycles. The second-order valence-corrected chi connectivity index (χ2v) is 4.50. The van der Waals surface area contributed by atoms with Crippen molar-refractivity contribution in [2.45, 2.75) is 0 Å². The standard InChI is InChI=1S/C12H7F2N3OS/c13-7-3-8(10(14)9(16)4-7)11(18)17-12-6(5-15)1-2-19-12/h1-4H,16H2,(H,17,18). The molecular weight excluding hydrogens is 272 g/mol. The van der Waals surface area contributed by atoms with Gasteiger partial charge in [0.25, 0.3) is 5.91 Å². The Labute approximate surface area is 111 Å². The number of thiophene rings is 1. The Bertz CT molecular complexity index is 691. The molecule has 0 aliphatic rings. The number of nitriles is 1. The number of nitrogens with one attached hydrogen (secondary N) is 1. The predicted octanol–water partition coefficient (Wildman–Crippen LogP) is 2.73. The molecule has 2 aromatic rings. The number of anilines is 2. The zero-order valence-electron chi connectivity index (χ0n) is 9.41. The molecule has 0 saturated heterocycles. The first-order chi connectivity index (χ1) is 9.02. The molecular formula is C12H7F2N3OS. The van der Waals surface area contributed by atoms with Crippen LogP contribution in [0.5, 0.6) is 0 Å². The lowest BCUT2D eigenvalue weighted by Gasteiger charge is -2.06. The summed E-state index contributed by atoms with van der Waals surface area (Å²) >= 11 is 1.11. The lowest BCUT2D eigenvalue weighted by atomic mass is 10.1. The third-order valence-electron chi connectivity index (χ3n) is 2.32. The minimum Gasteiger partial charge on any atom is -0.396 e. The van der Waals surface area contributed by atoms with E-state index in [0.717, 1.165) is 23.5 Å². The van der Waals surface area contributed by atoms with Crippen LogP contribution in [0.25, 0.3) is 0 Å². The van der Waals surface area contributed by atoms with E-state index in [1.165, 1.54) is 6.07 Å². The zero-order chi connectivity index (χ0) is 14.0. The fourth-order valence-electron chi connectivity index (χ4n) is 1.44. The van der Waals surface area contributed by atoms with Crippen molar-refractivity contribution < 1.29 is 13.6 Å². The fraction of sp³-hybridized carbons (Fsp3) is 0. The number of nitrogens with zero attached hydrogens (tertiary/aromatic N) is 1. The number of halogens is 2. The Morgan fingerprint density at radius 3 is 2.84 bits per heavy atom. The molecule has 0 atom stereocenters. The Morgan fingerprint density at radius 2 is 2.16 bits per heavy atom. The van der Waals surface area contributed by atoms with Crippen molar-refractivity contribution in [1.82, 2.24) is 0 Å². The molecule has 0 unspecified atom stereocenters. The molecule has 2 rings (SSSR count). The number of rotatable bonds is 2. The molecule has 0 aliphatic heterocycles. The quantitative estimate of drug-likeness (QED) is 0.829. The maximum Gasteiger partial charge on any atom is 0.259 e. The third kappa shape index (κ3) is 2.53. The molecule has 1 amide bonds. The van der Waals surface area contributed by atoms with Crippen molar-refractivity contribution in [3.05, 3.63) is 46.3 Å². The summed E-state index contributed by atoms with van der Waals surface area (Å²) in [5.74, 6) is -2.66. The lowest BCUT2D eigenvalue weighted by molar-refractivity contribution is 0.102. The molecule has 96 valence electrons. The van der Waals surface area contributed by atoms with Gasteiger partial charge in [0.15, 0.2) is 5.82 Å². The van der Waals surface area contributed by atoms with E-state index in [4.69, 9.17) is 11.0 Å². The van der Waals surface area contributed by atoms with Gasteiger partial charge >= 0.3 is 0 Å². The highest BCUT2D eigenvalue weighted by Crippen LogP contribution is 2.24. The van der Waals surface area contributed by atoms with Crippen molar-refractivity contribution in [2.75, 3.05) is 11.1 Å². The van der Waals surface area contributed by atoms with E-state index in [0.29, 0.717) is 0 Å². The van der Waals surface area contributed by atoms with Crippen molar-refractivity contribution in [3.63, 3.8) is 0 Å². The van der Waals surface area contributed by atoms with E-state index in [9.17, 15) is 13.6 Å². The molecule has 4 nitrogen and oxygen atoms in total. The fourth-order valence-corrected chi connectivity index (χ4v) is 2.17.